The summed E-state index contributed by atoms with van der Waals surface area (Å²) in [4.78, 5) is 0. The van der Waals surface area contributed by atoms with Crippen LogP contribution < -0.4 is 0 Å². The van der Waals surface area contributed by atoms with E-state index in [1.807, 2.05) is 0 Å². The molecule has 0 N–H and O–H groups in total. The summed E-state index contributed by atoms with van der Waals surface area (Å²) in [5, 5.41) is 0. The molecule has 2 radical (unpaired) electrons. The lowest BCUT2D eigenvalue weighted by molar-refractivity contribution is -0.890. The summed E-state index contributed by atoms with van der Waals surface area (Å²) in [6.45, 7) is 5.01. The van der Waals surface area contributed by atoms with Gasteiger partial charge in [0.2, 0.25) is 0 Å². The summed E-state index contributed by atoms with van der Waals surface area (Å²) >= 11 is 0. The van der Waals surface area contributed by atoms with Gasteiger partial charge in [0.1, 0.15) is 15.4 Å². The quantitative estimate of drug-likeness (QED) is 0.0603. The molecule has 0 amide bonds. The Labute approximate surface area is 199 Å². The maximum Gasteiger partial charge on any atom is 0.136 e. The molecule has 0 bridgehead atoms. The molecule has 0 unspecified atom stereocenters. The van der Waals surface area contributed by atoms with Gasteiger partial charge in [0.05, 0.1) is 27.2 Å². The van der Waals surface area contributed by atoms with Crippen molar-refractivity contribution in [1.82, 2.24) is 0 Å². The van der Waals surface area contributed by atoms with E-state index in [2.05, 4.69) is 21.0 Å². The molecule has 0 aliphatic carbocycles. The fraction of sp³-hybridized carbons (Fsp3) is 1.00. The molecular formula is C27H58NO2Si+. The van der Waals surface area contributed by atoms with Crippen LogP contribution in [0.25, 0.3) is 0 Å². The van der Waals surface area contributed by atoms with Crippen LogP contribution in [-0.2, 0) is 9.47 Å². The Morgan fingerprint density at radius 1 is 0.548 bits per heavy atom. The smallest absolute Gasteiger partial charge is 0.136 e. The van der Waals surface area contributed by atoms with E-state index < -0.39 is 0 Å². The third-order valence-corrected chi connectivity index (χ3v) is 7.99. The number of hydrogen-bond acceptors (Lipinski definition) is 2. The van der Waals surface area contributed by atoms with Gasteiger partial charge in [0.15, 0.2) is 0 Å². The topological polar surface area (TPSA) is 18.5 Å². The number of quaternary nitrogens is 1. The van der Waals surface area contributed by atoms with Gasteiger partial charge < -0.3 is 14.0 Å². The minimum atomic E-state index is 0.0186. The highest BCUT2D eigenvalue weighted by molar-refractivity contribution is 6.36. The van der Waals surface area contributed by atoms with Crippen LogP contribution in [0.5, 0.6) is 0 Å². The van der Waals surface area contributed by atoms with Crippen molar-refractivity contribution in [2.45, 2.75) is 134 Å². The first-order valence-corrected chi connectivity index (χ1v) is 14.9. The molecule has 0 saturated heterocycles. The first-order chi connectivity index (χ1) is 15.1. The maximum absolute atomic E-state index is 5.25. The van der Waals surface area contributed by atoms with Crippen LogP contribution >= 0.6 is 0 Å². The average Bonchev–Trinajstić information content (AvgIpc) is 2.76. The van der Waals surface area contributed by atoms with E-state index in [9.17, 15) is 0 Å². The van der Waals surface area contributed by atoms with Crippen molar-refractivity contribution in [2.24, 2.45) is 0 Å². The van der Waals surface area contributed by atoms with Gasteiger partial charge in [-0.25, -0.2) is 0 Å². The molecule has 0 aromatic heterocycles. The van der Waals surface area contributed by atoms with E-state index >= 15 is 0 Å². The molecule has 4 heteroatoms. The Morgan fingerprint density at radius 2 is 0.903 bits per heavy atom. The van der Waals surface area contributed by atoms with Crippen LogP contribution in [0.15, 0.2) is 0 Å². The van der Waals surface area contributed by atoms with Crippen LogP contribution in [0, 0.1) is 0 Å². The van der Waals surface area contributed by atoms with Crippen LogP contribution in [0.4, 0.5) is 0 Å². The highest BCUT2D eigenvalue weighted by atomic mass is 28.2. The van der Waals surface area contributed by atoms with Crippen molar-refractivity contribution < 1.29 is 14.0 Å². The Kier molecular flexibility index (Phi) is 23.3. The van der Waals surface area contributed by atoms with Crippen molar-refractivity contribution >= 4 is 9.52 Å². The molecule has 0 aliphatic rings. The molecule has 0 atom stereocenters. The molecule has 186 valence electrons. The second kappa shape index (κ2) is 23.3. The molecule has 0 fully saturated rings. The molecule has 0 aromatic rings. The van der Waals surface area contributed by atoms with Crippen LogP contribution in [0.2, 0.25) is 6.04 Å². The van der Waals surface area contributed by atoms with Gasteiger partial charge in [0, 0.05) is 14.2 Å². The second-order valence-electron chi connectivity index (χ2n) is 10.2. The van der Waals surface area contributed by atoms with E-state index in [0.717, 1.165) is 9.52 Å². The molecule has 3 nitrogen and oxygen atoms in total. The third kappa shape index (κ3) is 23.1. The number of nitrogens with zero attached hydrogens (tertiary/aromatic N) is 1. The van der Waals surface area contributed by atoms with Crippen molar-refractivity contribution in [1.29, 1.82) is 0 Å². The van der Waals surface area contributed by atoms with E-state index in [1.165, 1.54) is 139 Å². The number of methoxy groups -OCH3 is 2. The standard InChI is InChI=1S/C27H58NO2Si/c1-6-7-8-9-10-11-12-13-14-15-18-21-24-28(2,3)25-22-19-16-17-20-23-26-31-27(29-4)30-5/h27H,6-26H2,1-5H3/q+1. The van der Waals surface area contributed by atoms with E-state index in [4.69, 9.17) is 9.47 Å². The van der Waals surface area contributed by atoms with Gasteiger partial charge in [-0.05, 0) is 25.7 Å². The molecule has 0 saturated carbocycles. The number of unbranched alkanes of at least 4 members (excludes halogenated alkanes) is 16. The summed E-state index contributed by atoms with van der Waals surface area (Å²) in [7, 11) is 9.11. The molecule has 0 rings (SSSR count). The minimum Gasteiger partial charge on any atom is -0.360 e. The first-order valence-electron chi connectivity index (χ1n) is 13.7. The Bertz CT molecular complexity index is 348. The zero-order valence-corrected chi connectivity index (χ0v) is 23.2. The predicted octanol–water partition coefficient (Wildman–Crippen LogP) is 7.80. The van der Waals surface area contributed by atoms with Crippen LogP contribution in [0.3, 0.4) is 0 Å². The van der Waals surface area contributed by atoms with Crippen molar-refractivity contribution in [3.8, 4) is 0 Å². The second-order valence-corrected chi connectivity index (χ2v) is 11.5. The number of rotatable bonds is 25. The van der Waals surface area contributed by atoms with E-state index in [1.54, 1.807) is 14.2 Å². The lowest BCUT2D eigenvalue weighted by Gasteiger charge is -2.30. The molecule has 0 spiro atoms. The summed E-state index contributed by atoms with van der Waals surface area (Å²) < 4.78 is 11.7. The highest BCUT2D eigenvalue weighted by Gasteiger charge is 2.13. The first kappa shape index (κ1) is 31.1. The predicted molar refractivity (Wildman–Crippen MR) is 139 cm³/mol. The Morgan fingerprint density at radius 3 is 1.29 bits per heavy atom. The lowest BCUT2D eigenvalue weighted by atomic mass is 10.1. The van der Waals surface area contributed by atoms with Crippen molar-refractivity contribution in [3.05, 3.63) is 0 Å². The van der Waals surface area contributed by atoms with Gasteiger partial charge in [-0.1, -0.05) is 103 Å². The van der Waals surface area contributed by atoms with Crippen LogP contribution in [-0.4, -0.2) is 61.3 Å². The summed E-state index contributed by atoms with van der Waals surface area (Å²) in [6.07, 6.45) is 25.6. The molecular weight excluding hydrogens is 398 g/mol. The van der Waals surface area contributed by atoms with E-state index in [0.29, 0.717) is 0 Å². The Balaban J connectivity index is 3.36. The molecule has 0 aliphatic heterocycles. The molecule has 0 aromatic carbocycles. The third-order valence-electron chi connectivity index (χ3n) is 6.55. The zero-order chi connectivity index (χ0) is 23.0. The van der Waals surface area contributed by atoms with Gasteiger partial charge in [-0.3, -0.25) is 0 Å². The van der Waals surface area contributed by atoms with Crippen molar-refractivity contribution in [2.75, 3.05) is 41.4 Å². The Hall–Kier alpha value is 0.0969. The van der Waals surface area contributed by atoms with Gasteiger partial charge in [-0.2, -0.15) is 0 Å². The maximum atomic E-state index is 5.25. The van der Waals surface area contributed by atoms with Gasteiger partial charge in [-0.15, -0.1) is 0 Å². The fourth-order valence-electron chi connectivity index (χ4n) is 4.35. The largest absolute Gasteiger partial charge is 0.360 e. The molecule has 0 heterocycles. The number of ether oxygens (including phenoxy) is 2. The summed E-state index contributed by atoms with van der Waals surface area (Å²) in [5.41, 5.74) is 0. The minimum absolute atomic E-state index is 0.0186. The van der Waals surface area contributed by atoms with E-state index in [-0.39, 0.29) is 5.91 Å². The van der Waals surface area contributed by atoms with Gasteiger partial charge in [0.25, 0.3) is 0 Å². The number of hydrogen-bond donors (Lipinski definition) is 0. The summed E-state index contributed by atoms with van der Waals surface area (Å²) in [5.74, 6) is 0.0186. The van der Waals surface area contributed by atoms with Gasteiger partial charge >= 0.3 is 0 Å². The normalized spacial score (nSPS) is 12.2. The lowest BCUT2D eigenvalue weighted by Crippen LogP contribution is -2.41. The van der Waals surface area contributed by atoms with Crippen molar-refractivity contribution in [3.63, 3.8) is 0 Å². The SMILES string of the molecule is CCCCCCCCCCCCCC[N+](C)(C)CCCCCCCC[Si]C(OC)OC. The monoisotopic (exact) mass is 456 g/mol. The fourth-order valence-corrected chi connectivity index (χ4v) is 5.37. The highest BCUT2D eigenvalue weighted by Crippen LogP contribution is 2.14. The molecule has 31 heavy (non-hydrogen) atoms. The zero-order valence-electron chi connectivity index (χ0n) is 22.2. The average molecular weight is 457 g/mol. The van der Waals surface area contributed by atoms with Crippen LogP contribution in [0.1, 0.15) is 122 Å². The summed E-state index contributed by atoms with van der Waals surface area (Å²) in [6, 6.07) is 1.25.